The molecule has 1 aromatic heterocycles. The molecule has 1 N–H and O–H groups in total. The van der Waals surface area contributed by atoms with Gasteiger partial charge >= 0.3 is 5.97 Å². The molecule has 1 unspecified atom stereocenters. The third kappa shape index (κ3) is 2.86. The normalized spacial score (nSPS) is 23.8. The minimum Gasteiger partial charge on any atom is -0.481 e. The predicted octanol–water partition coefficient (Wildman–Crippen LogP) is 1.85. The summed E-state index contributed by atoms with van der Waals surface area (Å²) in [7, 11) is 1.74. The molecule has 0 aromatic carbocycles. The van der Waals surface area contributed by atoms with Crippen LogP contribution in [0.15, 0.2) is 11.4 Å². The fourth-order valence-corrected chi connectivity index (χ4v) is 4.79. The van der Waals surface area contributed by atoms with Gasteiger partial charge in [0.25, 0.3) is 0 Å². The van der Waals surface area contributed by atoms with Crippen LogP contribution in [-0.2, 0) is 16.1 Å². The van der Waals surface area contributed by atoms with Gasteiger partial charge in [0.1, 0.15) is 0 Å². The zero-order valence-corrected chi connectivity index (χ0v) is 14.8. The second-order valence-corrected chi connectivity index (χ2v) is 7.71. The molecular weight excluding hydrogens is 328 g/mol. The van der Waals surface area contributed by atoms with Crippen LogP contribution in [0.1, 0.15) is 41.4 Å². The molecule has 0 aliphatic carbocycles. The number of hydrogen-bond donors (Lipinski definition) is 1. The van der Waals surface area contributed by atoms with E-state index < -0.39 is 17.4 Å². The first kappa shape index (κ1) is 17.1. The summed E-state index contributed by atoms with van der Waals surface area (Å²) in [4.78, 5) is 39.7. The van der Waals surface area contributed by atoms with Crippen LogP contribution in [0.25, 0.3) is 0 Å². The largest absolute Gasteiger partial charge is 0.481 e. The lowest BCUT2D eigenvalue weighted by Gasteiger charge is -2.45. The average Bonchev–Trinajstić information content (AvgIpc) is 3.09. The Labute approximate surface area is 145 Å². The van der Waals surface area contributed by atoms with Gasteiger partial charge in [0, 0.05) is 33.1 Å². The first-order chi connectivity index (χ1) is 11.3. The number of hydrogen-bond acceptors (Lipinski definition) is 5. The molecule has 2 fully saturated rings. The van der Waals surface area contributed by atoms with Crippen LogP contribution in [0.4, 0.5) is 0 Å². The number of piperidine rings is 1. The van der Waals surface area contributed by atoms with E-state index in [-0.39, 0.29) is 18.1 Å². The van der Waals surface area contributed by atoms with Crippen LogP contribution in [0, 0.1) is 5.92 Å². The maximum atomic E-state index is 12.0. The van der Waals surface area contributed by atoms with E-state index in [1.807, 2.05) is 11.4 Å². The molecule has 24 heavy (non-hydrogen) atoms. The van der Waals surface area contributed by atoms with E-state index in [1.54, 1.807) is 18.9 Å². The third-order valence-electron chi connectivity index (χ3n) is 5.50. The van der Waals surface area contributed by atoms with Crippen LogP contribution in [0.5, 0.6) is 0 Å². The highest BCUT2D eigenvalue weighted by Crippen LogP contribution is 2.43. The molecule has 7 heteroatoms. The number of carboxylic acid groups (broad SMARTS) is 1. The number of carbonyl (C=O) groups is 3. The van der Waals surface area contributed by atoms with Crippen LogP contribution in [-0.4, -0.2) is 58.2 Å². The summed E-state index contributed by atoms with van der Waals surface area (Å²) >= 11 is 1.46. The van der Waals surface area contributed by atoms with Crippen molar-refractivity contribution in [2.75, 3.05) is 20.1 Å². The van der Waals surface area contributed by atoms with E-state index in [1.165, 1.54) is 11.3 Å². The number of amides is 1. The Morgan fingerprint density at radius 2 is 2.04 bits per heavy atom. The predicted molar refractivity (Wildman–Crippen MR) is 90.1 cm³/mol. The van der Waals surface area contributed by atoms with Gasteiger partial charge in [-0.15, -0.1) is 11.3 Å². The number of nitrogens with zero attached hydrogens (tertiary/aromatic N) is 2. The molecule has 3 rings (SSSR count). The maximum absolute atomic E-state index is 12.0. The smallest absolute Gasteiger partial charge is 0.309 e. The molecule has 2 aliphatic heterocycles. The molecule has 1 atom stereocenters. The van der Waals surface area contributed by atoms with Crippen molar-refractivity contribution in [2.24, 2.45) is 5.92 Å². The molecule has 1 spiro atoms. The number of carboxylic acids is 1. The molecule has 6 nitrogen and oxygen atoms in total. The SMILES string of the molecule is CC(=O)c1cc(CN2CCC3(CC2)C(C(=O)O)CC(=O)N3C)cs1. The fourth-order valence-electron chi connectivity index (χ4n) is 3.98. The molecular formula is C17H22N2O4S. The van der Waals surface area contributed by atoms with E-state index in [4.69, 9.17) is 0 Å². The van der Waals surface area contributed by atoms with Gasteiger partial charge < -0.3 is 10.0 Å². The highest BCUT2D eigenvalue weighted by molar-refractivity contribution is 7.12. The number of thiophene rings is 1. The van der Waals surface area contributed by atoms with E-state index >= 15 is 0 Å². The van der Waals surface area contributed by atoms with Crippen molar-refractivity contribution in [2.45, 2.75) is 38.3 Å². The zero-order chi connectivity index (χ0) is 17.5. The van der Waals surface area contributed by atoms with Crippen molar-refractivity contribution in [1.82, 2.24) is 9.80 Å². The van der Waals surface area contributed by atoms with Crippen molar-refractivity contribution in [3.63, 3.8) is 0 Å². The summed E-state index contributed by atoms with van der Waals surface area (Å²) in [5, 5.41) is 11.5. The van der Waals surface area contributed by atoms with Gasteiger partial charge in [-0.05, 0) is 36.8 Å². The number of rotatable bonds is 4. The molecule has 2 aliphatic rings. The molecule has 0 bridgehead atoms. The summed E-state index contributed by atoms with van der Waals surface area (Å²) in [6.45, 7) is 3.84. The van der Waals surface area contributed by atoms with Crippen molar-refractivity contribution < 1.29 is 19.5 Å². The molecule has 130 valence electrons. The van der Waals surface area contributed by atoms with Gasteiger partial charge in [0.05, 0.1) is 16.3 Å². The highest BCUT2D eigenvalue weighted by atomic mass is 32.1. The number of carbonyl (C=O) groups excluding carboxylic acids is 2. The highest BCUT2D eigenvalue weighted by Gasteiger charge is 2.55. The topological polar surface area (TPSA) is 77.9 Å². The van der Waals surface area contributed by atoms with E-state index in [2.05, 4.69) is 4.90 Å². The van der Waals surface area contributed by atoms with Crippen LogP contribution in [0.3, 0.4) is 0 Å². The van der Waals surface area contributed by atoms with Gasteiger partial charge in [0.15, 0.2) is 5.78 Å². The molecule has 1 aromatic rings. The summed E-state index contributed by atoms with van der Waals surface area (Å²) in [6.07, 6.45) is 1.46. The van der Waals surface area contributed by atoms with Crippen LogP contribution < -0.4 is 0 Å². The Bertz CT molecular complexity index is 676. The van der Waals surface area contributed by atoms with Crippen molar-refractivity contribution in [3.05, 3.63) is 21.9 Å². The van der Waals surface area contributed by atoms with Gasteiger partial charge in [-0.3, -0.25) is 19.3 Å². The number of Topliss-reactive ketones (excluding diaryl/α,β-unsaturated/α-hetero) is 1. The Balaban J connectivity index is 1.67. The molecule has 2 saturated heterocycles. The lowest BCUT2D eigenvalue weighted by molar-refractivity contribution is -0.146. The number of likely N-dealkylation sites (tertiary alicyclic amines) is 2. The Kier molecular flexibility index (Phi) is 4.48. The van der Waals surface area contributed by atoms with Crippen molar-refractivity contribution >= 4 is 29.0 Å². The van der Waals surface area contributed by atoms with Gasteiger partial charge in [-0.1, -0.05) is 0 Å². The Hall–Kier alpha value is -1.73. The van der Waals surface area contributed by atoms with Gasteiger partial charge in [-0.25, -0.2) is 0 Å². The second-order valence-electron chi connectivity index (χ2n) is 6.80. The maximum Gasteiger partial charge on any atom is 0.309 e. The monoisotopic (exact) mass is 350 g/mol. The molecule has 0 saturated carbocycles. The first-order valence-electron chi connectivity index (χ1n) is 8.13. The zero-order valence-electron chi connectivity index (χ0n) is 13.9. The molecule has 3 heterocycles. The van der Waals surface area contributed by atoms with Crippen LogP contribution in [0.2, 0.25) is 0 Å². The number of aliphatic carboxylic acids is 1. The fraction of sp³-hybridized carbons (Fsp3) is 0.588. The minimum absolute atomic E-state index is 0.0696. The first-order valence-corrected chi connectivity index (χ1v) is 9.01. The van der Waals surface area contributed by atoms with E-state index in [0.29, 0.717) is 12.8 Å². The lowest BCUT2D eigenvalue weighted by atomic mass is 9.77. The quantitative estimate of drug-likeness (QED) is 0.839. The average molecular weight is 350 g/mol. The Morgan fingerprint density at radius 3 is 2.58 bits per heavy atom. The van der Waals surface area contributed by atoms with Crippen molar-refractivity contribution in [1.29, 1.82) is 0 Å². The second kappa shape index (κ2) is 6.29. The molecule has 1 amide bonds. The lowest BCUT2D eigenvalue weighted by Crippen LogP contribution is -2.55. The standard InChI is InChI=1S/C17H22N2O4S/c1-11(20)14-7-12(10-24-14)9-19-5-3-17(4-6-19)13(16(22)23)8-15(21)18(17)2/h7,10,13H,3-6,8-9H2,1-2H3,(H,22,23). The van der Waals surface area contributed by atoms with Gasteiger partial charge in [0.2, 0.25) is 5.91 Å². The van der Waals surface area contributed by atoms with E-state index in [9.17, 15) is 19.5 Å². The molecule has 0 radical (unpaired) electrons. The summed E-state index contributed by atoms with van der Waals surface area (Å²) in [5.74, 6) is -1.47. The number of ketones is 1. The van der Waals surface area contributed by atoms with Crippen molar-refractivity contribution in [3.8, 4) is 0 Å². The Morgan fingerprint density at radius 1 is 1.38 bits per heavy atom. The van der Waals surface area contributed by atoms with E-state index in [0.717, 1.165) is 30.1 Å². The summed E-state index contributed by atoms with van der Waals surface area (Å²) in [5.41, 5.74) is 0.574. The third-order valence-corrected chi connectivity index (χ3v) is 6.58. The van der Waals surface area contributed by atoms with Crippen LogP contribution >= 0.6 is 11.3 Å². The minimum atomic E-state index is -0.870. The van der Waals surface area contributed by atoms with Gasteiger partial charge in [-0.2, -0.15) is 0 Å². The summed E-state index contributed by atoms with van der Waals surface area (Å²) < 4.78 is 0. The summed E-state index contributed by atoms with van der Waals surface area (Å²) in [6, 6.07) is 1.93.